The molecule has 0 bridgehead atoms. The SMILES string of the molecule is [C-]#[N+]c1ccc(N(c2ccc(-c3ccc(N(c4ccc(C#N)cc4)c4ccc5c(c4)c4ccccc4n5-c4ccc([N+]#[C-])cc4)c4ccccc34)cc2)c2ccc3c(c2)c2ccccc2n3-c2ccc(C#N)cc2)cc1. The van der Waals surface area contributed by atoms with Gasteiger partial charge in [-0.05, 0) is 156 Å². The normalized spacial score (nSPS) is 11.1. The first kappa shape index (κ1) is 44.8. The topological polar surface area (TPSA) is 72.6 Å². The van der Waals surface area contributed by atoms with Gasteiger partial charge in [0, 0.05) is 66.7 Å². The highest BCUT2D eigenvalue weighted by molar-refractivity contribution is 6.13. The number of hydrogen-bond donors (Lipinski definition) is 0. The molecule has 0 spiro atoms. The number of rotatable bonds is 9. The minimum Gasteiger partial charge on any atom is -0.311 e. The minimum absolute atomic E-state index is 0.571. The van der Waals surface area contributed by atoms with E-state index < -0.39 is 0 Å². The maximum atomic E-state index is 9.83. The zero-order valence-electron chi connectivity index (χ0n) is 40.7. The van der Waals surface area contributed by atoms with Gasteiger partial charge >= 0.3 is 0 Å². The van der Waals surface area contributed by atoms with Crippen molar-refractivity contribution in [3.05, 3.63) is 277 Å². The van der Waals surface area contributed by atoms with E-state index >= 15 is 0 Å². The molecule has 76 heavy (non-hydrogen) atoms. The molecule has 0 aliphatic carbocycles. The molecule has 8 nitrogen and oxygen atoms in total. The fourth-order valence-corrected chi connectivity index (χ4v) is 10.9. The molecule has 13 rings (SSSR count). The van der Waals surface area contributed by atoms with Gasteiger partial charge in [-0.25, -0.2) is 9.69 Å². The fourth-order valence-electron chi connectivity index (χ4n) is 10.9. The lowest BCUT2D eigenvalue weighted by atomic mass is 9.96. The van der Waals surface area contributed by atoms with Gasteiger partial charge in [0.1, 0.15) is 0 Å². The van der Waals surface area contributed by atoms with E-state index in [0.717, 1.165) is 111 Å². The third kappa shape index (κ3) is 7.51. The smallest absolute Gasteiger partial charge is 0.187 e. The standard InChI is InChI=1S/C68H40N8/c1-71-48-21-31-51(32-22-48)73(55-35-38-67-62(41-55)60-11-5-7-13-64(60)75(67)53-27-17-46(44-70)18-28-53)50-29-19-47(20-30-50)57-37-40-66(59-10-4-3-9-58(57)59)74(52-25-15-45(43-69)16-26-52)56-36-39-68-63(42-56)61-12-6-8-14-65(61)76(68)54-33-23-49(72-2)24-34-54/h3-42H. The second-order valence-corrected chi connectivity index (χ2v) is 18.6. The van der Waals surface area contributed by atoms with Crippen LogP contribution in [0.25, 0.3) is 86.6 Å². The minimum atomic E-state index is 0.571. The largest absolute Gasteiger partial charge is 0.311 e. The number of nitrogens with zero attached hydrogens (tertiary/aromatic N) is 8. The van der Waals surface area contributed by atoms with Gasteiger partial charge in [0.2, 0.25) is 0 Å². The summed E-state index contributed by atoms with van der Waals surface area (Å²) >= 11 is 0. The lowest BCUT2D eigenvalue weighted by molar-refractivity contribution is 1.18. The van der Waals surface area contributed by atoms with Gasteiger partial charge in [0.25, 0.3) is 0 Å². The Hall–Kier alpha value is -11.2. The van der Waals surface area contributed by atoms with Crippen LogP contribution in [0.4, 0.5) is 45.5 Å². The van der Waals surface area contributed by atoms with Crippen molar-refractivity contribution in [3.63, 3.8) is 0 Å². The summed E-state index contributed by atoms with van der Waals surface area (Å²) in [6.07, 6.45) is 0. The van der Waals surface area contributed by atoms with Crippen LogP contribution in [0, 0.1) is 35.8 Å². The van der Waals surface area contributed by atoms with Crippen molar-refractivity contribution < 1.29 is 0 Å². The summed E-state index contributed by atoms with van der Waals surface area (Å²) in [7, 11) is 0. The summed E-state index contributed by atoms with van der Waals surface area (Å²) in [5.41, 5.74) is 16.4. The van der Waals surface area contributed by atoms with E-state index in [0.29, 0.717) is 22.5 Å². The first-order valence-corrected chi connectivity index (χ1v) is 24.8. The molecule has 8 heteroatoms. The molecule has 13 aromatic rings. The molecular formula is C68H40N8. The van der Waals surface area contributed by atoms with E-state index in [1.54, 1.807) is 0 Å². The molecule has 2 heterocycles. The van der Waals surface area contributed by atoms with Crippen LogP contribution in [0.5, 0.6) is 0 Å². The summed E-state index contributed by atoms with van der Waals surface area (Å²) in [4.78, 5) is 11.8. The van der Waals surface area contributed by atoms with Crippen molar-refractivity contribution >= 4 is 99.9 Å². The Morgan fingerprint density at radius 3 is 1.26 bits per heavy atom. The third-order valence-electron chi connectivity index (χ3n) is 14.4. The van der Waals surface area contributed by atoms with Crippen LogP contribution in [-0.4, -0.2) is 9.13 Å². The summed E-state index contributed by atoms with van der Waals surface area (Å²) in [5, 5.41) is 25.9. The number of nitriles is 2. The summed E-state index contributed by atoms with van der Waals surface area (Å²) < 4.78 is 4.50. The number of aromatic nitrogens is 2. The fraction of sp³-hybridized carbons (Fsp3) is 0. The first-order chi connectivity index (χ1) is 37.5. The van der Waals surface area contributed by atoms with Crippen molar-refractivity contribution in [2.24, 2.45) is 0 Å². The number of benzene rings is 11. The van der Waals surface area contributed by atoms with E-state index in [1.165, 1.54) is 0 Å². The molecule has 0 radical (unpaired) electrons. The Kier molecular flexibility index (Phi) is 10.9. The average Bonchev–Trinajstić information content (AvgIpc) is 4.10. The van der Waals surface area contributed by atoms with Crippen LogP contribution < -0.4 is 9.80 Å². The zero-order valence-corrected chi connectivity index (χ0v) is 40.7. The van der Waals surface area contributed by atoms with Crippen LogP contribution in [0.3, 0.4) is 0 Å². The van der Waals surface area contributed by atoms with E-state index in [4.69, 9.17) is 13.1 Å². The molecule has 0 aliphatic rings. The monoisotopic (exact) mass is 968 g/mol. The summed E-state index contributed by atoms with van der Waals surface area (Å²) in [6, 6.07) is 87.1. The van der Waals surface area contributed by atoms with Gasteiger partial charge in [0.05, 0.1) is 64.2 Å². The molecule has 0 saturated carbocycles. The van der Waals surface area contributed by atoms with Crippen LogP contribution in [0.1, 0.15) is 11.1 Å². The summed E-state index contributed by atoms with van der Waals surface area (Å²) in [6.45, 7) is 15.2. The van der Waals surface area contributed by atoms with E-state index in [-0.39, 0.29) is 0 Å². The third-order valence-corrected chi connectivity index (χ3v) is 14.4. The Morgan fingerprint density at radius 1 is 0.342 bits per heavy atom. The number of para-hydroxylation sites is 2. The van der Waals surface area contributed by atoms with Gasteiger partial charge in [-0.3, -0.25) is 0 Å². The number of anilines is 6. The van der Waals surface area contributed by atoms with Gasteiger partial charge in [0.15, 0.2) is 11.4 Å². The molecule has 11 aromatic carbocycles. The molecule has 0 atom stereocenters. The maximum absolute atomic E-state index is 9.83. The molecule has 0 saturated heterocycles. The van der Waals surface area contributed by atoms with E-state index in [1.807, 2.05) is 97.1 Å². The lowest BCUT2D eigenvalue weighted by Gasteiger charge is -2.28. The zero-order chi connectivity index (χ0) is 51.3. The second kappa shape index (κ2) is 18.5. The molecular weight excluding hydrogens is 929 g/mol. The Balaban J connectivity index is 0.921. The van der Waals surface area contributed by atoms with Crippen LogP contribution in [-0.2, 0) is 0 Å². The Morgan fingerprint density at radius 2 is 0.737 bits per heavy atom. The molecule has 352 valence electrons. The van der Waals surface area contributed by atoms with Gasteiger partial charge < -0.3 is 18.9 Å². The number of hydrogen-bond acceptors (Lipinski definition) is 4. The van der Waals surface area contributed by atoms with Crippen molar-refractivity contribution in [1.82, 2.24) is 9.13 Å². The lowest BCUT2D eigenvalue weighted by Crippen LogP contribution is -2.11. The van der Waals surface area contributed by atoms with E-state index in [9.17, 15) is 10.5 Å². The molecule has 0 aliphatic heterocycles. The Bertz CT molecular complexity index is 4600. The average molecular weight is 969 g/mol. The van der Waals surface area contributed by atoms with Gasteiger partial charge in [-0.1, -0.05) is 103 Å². The van der Waals surface area contributed by atoms with Crippen LogP contribution in [0.2, 0.25) is 0 Å². The quantitative estimate of drug-likeness (QED) is 0.135. The molecule has 0 N–H and O–H groups in total. The highest BCUT2D eigenvalue weighted by Gasteiger charge is 2.22. The predicted octanol–water partition coefficient (Wildman–Crippen LogP) is 18.5. The highest BCUT2D eigenvalue weighted by Crippen LogP contribution is 2.46. The van der Waals surface area contributed by atoms with Crippen molar-refractivity contribution in [1.29, 1.82) is 10.5 Å². The highest BCUT2D eigenvalue weighted by atomic mass is 15.2. The molecule has 0 unspecified atom stereocenters. The van der Waals surface area contributed by atoms with Gasteiger partial charge in [-0.2, -0.15) is 10.5 Å². The molecule has 0 fully saturated rings. The number of fused-ring (bicyclic) bond motifs is 7. The molecule has 2 aromatic heterocycles. The second-order valence-electron chi connectivity index (χ2n) is 18.6. The molecule has 0 amide bonds. The predicted molar refractivity (Wildman–Crippen MR) is 309 cm³/mol. The maximum Gasteiger partial charge on any atom is 0.187 e. The summed E-state index contributed by atoms with van der Waals surface area (Å²) in [5.74, 6) is 0. The van der Waals surface area contributed by atoms with Gasteiger partial charge in [-0.15, -0.1) is 0 Å². The van der Waals surface area contributed by atoms with Crippen molar-refractivity contribution in [3.8, 4) is 34.6 Å². The van der Waals surface area contributed by atoms with Crippen molar-refractivity contribution in [2.45, 2.75) is 0 Å². The van der Waals surface area contributed by atoms with Crippen LogP contribution >= 0.6 is 0 Å². The van der Waals surface area contributed by atoms with E-state index in [2.05, 4.69) is 186 Å². The van der Waals surface area contributed by atoms with Crippen molar-refractivity contribution in [2.75, 3.05) is 9.80 Å². The first-order valence-electron chi connectivity index (χ1n) is 24.8. The Labute approximate surface area is 438 Å². The van der Waals surface area contributed by atoms with Crippen LogP contribution in [0.15, 0.2) is 243 Å².